The number of nitrogen functional groups attached to an aromatic ring is 1. The molecule has 0 radical (unpaired) electrons. The van der Waals surface area contributed by atoms with Crippen LogP contribution in [0.5, 0.6) is 11.5 Å². The van der Waals surface area contributed by atoms with Gasteiger partial charge in [-0.2, -0.15) is 5.10 Å². The molecule has 0 atom stereocenters. The van der Waals surface area contributed by atoms with Crippen LogP contribution in [0.3, 0.4) is 0 Å². The van der Waals surface area contributed by atoms with Gasteiger partial charge in [-0.05, 0) is 12.1 Å². The summed E-state index contributed by atoms with van der Waals surface area (Å²) in [5.74, 6) is 1.82. The summed E-state index contributed by atoms with van der Waals surface area (Å²) in [6, 6.07) is 3.69. The van der Waals surface area contributed by atoms with Gasteiger partial charge in [0.1, 0.15) is 5.52 Å². The quantitative estimate of drug-likeness (QED) is 0.803. The van der Waals surface area contributed by atoms with Gasteiger partial charge in [0.15, 0.2) is 17.3 Å². The van der Waals surface area contributed by atoms with Crippen molar-refractivity contribution in [3.63, 3.8) is 0 Å². The summed E-state index contributed by atoms with van der Waals surface area (Å²) in [5, 5.41) is 5.00. The van der Waals surface area contributed by atoms with Crippen LogP contribution in [-0.2, 0) is 7.05 Å². The number of benzene rings is 1. The van der Waals surface area contributed by atoms with E-state index in [1.54, 1.807) is 18.9 Å². The van der Waals surface area contributed by atoms with Gasteiger partial charge in [-0.3, -0.25) is 4.68 Å². The van der Waals surface area contributed by atoms with Crippen LogP contribution in [0.1, 0.15) is 0 Å². The zero-order valence-electron chi connectivity index (χ0n) is 8.94. The summed E-state index contributed by atoms with van der Waals surface area (Å²) in [6.07, 6.45) is 0. The van der Waals surface area contributed by atoms with Gasteiger partial charge >= 0.3 is 0 Å². The maximum Gasteiger partial charge on any atom is 0.186 e. The molecule has 2 rings (SSSR count). The molecular weight excluding hydrogens is 194 g/mol. The van der Waals surface area contributed by atoms with Crippen LogP contribution < -0.4 is 15.2 Å². The van der Waals surface area contributed by atoms with E-state index in [0.29, 0.717) is 17.3 Å². The average molecular weight is 207 g/mol. The largest absolute Gasteiger partial charge is 0.493 e. The molecule has 0 saturated heterocycles. The highest BCUT2D eigenvalue weighted by molar-refractivity contribution is 5.95. The Labute approximate surface area is 87.4 Å². The lowest BCUT2D eigenvalue weighted by Gasteiger charge is -2.08. The number of nitrogens with zero attached hydrogens (tertiary/aromatic N) is 2. The normalized spacial score (nSPS) is 10.6. The minimum absolute atomic E-state index is 0.494. The predicted octanol–water partition coefficient (Wildman–Crippen LogP) is 1.17. The van der Waals surface area contributed by atoms with E-state index in [1.807, 2.05) is 19.2 Å². The molecule has 5 nitrogen and oxygen atoms in total. The summed E-state index contributed by atoms with van der Waals surface area (Å²) in [4.78, 5) is 0. The lowest BCUT2D eigenvalue weighted by Crippen LogP contribution is -1.96. The van der Waals surface area contributed by atoms with E-state index in [9.17, 15) is 0 Å². The predicted molar refractivity (Wildman–Crippen MR) is 58.2 cm³/mol. The number of anilines is 1. The fourth-order valence-electron chi connectivity index (χ4n) is 1.70. The summed E-state index contributed by atoms with van der Waals surface area (Å²) in [7, 11) is 5.02. The summed E-state index contributed by atoms with van der Waals surface area (Å²) in [5.41, 5.74) is 6.61. The number of hydrogen-bond acceptors (Lipinski definition) is 4. The third kappa shape index (κ3) is 1.27. The van der Waals surface area contributed by atoms with Gasteiger partial charge in [-0.15, -0.1) is 0 Å². The second kappa shape index (κ2) is 3.34. The van der Waals surface area contributed by atoms with E-state index in [4.69, 9.17) is 15.2 Å². The Morgan fingerprint density at radius 2 is 2.00 bits per heavy atom. The van der Waals surface area contributed by atoms with Crippen molar-refractivity contribution in [1.82, 2.24) is 9.78 Å². The second-order valence-electron chi connectivity index (χ2n) is 3.21. The number of fused-ring (bicyclic) bond motifs is 1. The topological polar surface area (TPSA) is 62.3 Å². The Hall–Kier alpha value is -1.91. The van der Waals surface area contributed by atoms with E-state index >= 15 is 0 Å². The summed E-state index contributed by atoms with van der Waals surface area (Å²) < 4.78 is 12.2. The Bertz CT molecular complexity index is 505. The van der Waals surface area contributed by atoms with Crippen LogP contribution in [0.2, 0.25) is 0 Å². The van der Waals surface area contributed by atoms with Crippen LogP contribution in [0.25, 0.3) is 10.9 Å². The maximum atomic E-state index is 5.76. The highest BCUT2D eigenvalue weighted by Gasteiger charge is 2.14. The number of hydrogen-bond donors (Lipinski definition) is 1. The molecule has 0 unspecified atom stereocenters. The smallest absolute Gasteiger partial charge is 0.186 e. The van der Waals surface area contributed by atoms with Crippen molar-refractivity contribution in [2.75, 3.05) is 20.0 Å². The van der Waals surface area contributed by atoms with Gasteiger partial charge in [-0.1, -0.05) is 0 Å². The van der Waals surface area contributed by atoms with Crippen molar-refractivity contribution in [2.24, 2.45) is 7.05 Å². The second-order valence-corrected chi connectivity index (χ2v) is 3.21. The lowest BCUT2D eigenvalue weighted by atomic mass is 10.2. The number of aromatic nitrogens is 2. The number of nitrogens with two attached hydrogens (primary N) is 1. The molecule has 0 fully saturated rings. The monoisotopic (exact) mass is 207 g/mol. The van der Waals surface area contributed by atoms with E-state index < -0.39 is 0 Å². The summed E-state index contributed by atoms with van der Waals surface area (Å²) in [6.45, 7) is 0. The number of methoxy groups -OCH3 is 2. The molecule has 0 amide bonds. The van der Waals surface area contributed by atoms with Crippen LogP contribution in [0, 0.1) is 0 Å². The van der Waals surface area contributed by atoms with Crippen LogP contribution >= 0.6 is 0 Å². The molecule has 1 heterocycles. The zero-order valence-corrected chi connectivity index (χ0v) is 8.94. The zero-order chi connectivity index (χ0) is 11.0. The number of aryl methyl sites for hydroxylation is 1. The number of ether oxygens (including phenoxy) is 2. The SMILES string of the molecule is COc1ccc2c(N)nn(C)c2c1OC. The molecular formula is C10H13N3O2. The molecule has 0 bridgehead atoms. The van der Waals surface area contributed by atoms with Gasteiger partial charge in [0.05, 0.1) is 14.2 Å². The molecule has 0 aliphatic carbocycles. The number of rotatable bonds is 2. The molecule has 0 aliphatic heterocycles. The van der Waals surface area contributed by atoms with Gasteiger partial charge in [0, 0.05) is 12.4 Å². The van der Waals surface area contributed by atoms with Gasteiger partial charge in [-0.25, -0.2) is 0 Å². The maximum absolute atomic E-state index is 5.76. The molecule has 15 heavy (non-hydrogen) atoms. The van der Waals surface area contributed by atoms with Crippen molar-refractivity contribution in [1.29, 1.82) is 0 Å². The van der Waals surface area contributed by atoms with Crippen LogP contribution in [0.4, 0.5) is 5.82 Å². The third-order valence-corrected chi connectivity index (χ3v) is 2.38. The van der Waals surface area contributed by atoms with Gasteiger partial charge in [0.25, 0.3) is 0 Å². The Morgan fingerprint density at radius 3 is 2.60 bits per heavy atom. The average Bonchev–Trinajstić information content (AvgIpc) is 2.53. The van der Waals surface area contributed by atoms with E-state index in [1.165, 1.54) is 0 Å². The van der Waals surface area contributed by atoms with Crippen LogP contribution in [-0.4, -0.2) is 24.0 Å². The van der Waals surface area contributed by atoms with Crippen molar-refractivity contribution in [3.05, 3.63) is 12.1 Å². The van der Waals surface area contributed by atoms with E-state index in [-0.39, 0.29) is 0 Å². The minimum atomic E-state index is 0.494. The molecule has 0 aliphatic rings. The van der Waals surface area contributed by atoms with Crippen molar-refractivity contribution >= 4 is 16.7 Å². The lowest BCUT2D eigenvalue weighted by molar-refractivity contribution is 0.357. The fraction of sp³-hybridized carbons (Fsp3) is 0.300. The van der Waals surface area contributed by atoms with Crippen LogP contribution in [0.15, 0.2) is 12.1 Å². The van der Waals surface area contributed by atoms with E-state index in [2.05, 4.69) is 5.10 Å². The molecule has 0 saturated carbocycles. The standard InChI is InChI=1S/C10H13N3O2/c1-13-8-6(10(11)12-13)4-5-7(14-2)9(8)15-3/h4-5H,1-3H3,(H2,11,12). The van der Waals surface area contributed by atoms with Crippen molar-refractivity contribution < 1.29 is 9.47 Å². The summed E-state index contributed by atoms with van der Waals surface area (Å²) >= 11 is 0. The molecule has 2 N–H and O–H groups in total. The first-order chi connectivity index (χ1) is 7.19. The van der Waals surface area contributed by atoms with E-state index in [0.717, 1.165) is 10.9 Å². The van der Waals surface area contributed by atoms with Crippen molar-refractivity contribution in [3.8, 4) is 11.5 Å². The Kier molecular flexibility index (Phi) is 2.15. The van der Waals surface area contributed by atoms with Gasteiger partial charge < -0.3 is 15.2 Å². The first kappa shape index (κ1) is 9.64. The molecule has 1 aromatic heterocycles. The first-order valence-electron chi connectivity index (χ1n) is 4.52. The minimum Gasteiger partial charge on any atom is -0.493 e. The molecule has 0 spiro atoms. The fourth-order valence-corrected chi connectivity index (χ4v) is 1.70. The highest BCUT2D eigenvalue weighted by atomic mass is 16.5. The molecule has 1 aromatic carbocycles. The Morgan fingerprint density at radius 1 is 1.27 bits per heavy atom. The Balaban J connectivity index is 2.86. The van der Waals surface area contributed by atoms with Gasteiger partial charge in [0.2, 0.25) is 0 Å². The highest BCUT2D eigenvalue weighted by Crippen LogP contribution is 2.36. The molecule has 5 heteroatoms. The van der Waals surface area contributed by atoms with Crippen molar-refractivity contribution in [2.45, 2.75) is 0 Å². The molecule has 2 aromatic rings. The molecule has 80 valence electrons. The third-order valence-electron chi connectivity index (χ3n) is 2.38. The first-order valence-corrected chi connectivity index (χ1v) is 4.52.